The van der Waals surface area contributed by atoms with E-state index in [0.29, 0.717) is 0 Å². The van der Waals surface area contributed by atoms with Crippen molar-refractivity contribution in [3.8, 4) is 0 Å². The highest BCUT2D eigenvalue weighted by atomic mass is 32.2. The van der Waals surface area contributed by atoms with Crippen molar-refractivity contribution < 1.29 is 9.78 Å². The lowest BCUT2D eigenvalue weighted by atomic mass is 10.00. The predicted molar refractivity (Wildman–Crippen MR) is 53.3 cm³/mol. The van der Waals surface area contributed by atoms with E-state index in [1.54, 1.807) is 0 Å². The molecule has 1 aromatic rings. The summed E-state index contributed by atoms with van der Waals surface area (Å²) in [7, 11) is 0. The molecule has 1 aromatic heterocycles. The van der Waals surface area contributed by atoms with Crippen LogP contribution in [0.3, 0.4) is 0 Å². The number of carbonyl (C=O) groups excluding carboxylic acids is 1. The Labute approximate surface area is 82.8 Å². The number of thioether (sulfide) groups is 1. The van der Waals surface area contributed by atoms with Crippen LogP contribution in [0.2, 0.25) is 0 Å². The first kappa shape index (κ1) is 10.3. The molecule has 0 amide bonds. The van der Waals surface area contributed by atoms with Gasteiger partial charge in [0.05, 0.1) is 0 Å². The molecule has 2 nitrogen and oxygen atoms in total. The van der Waals surface area contributed by atoms with E-state index in [0.717, 1.165) is 4.90 Å². The largest absolute Gasteiger partial charge is 0.286 e. The summed E-state index contributed by atoms with van der Waals surface area (Å²) in [5.74, 6) is 0. The van der Waals surface area contributed by atoms with Crippen LogP contribution in [0.15, 0.2) is 29.4 Å². The molecule has 0 fully saturated rings. The standard InChI is InChI=1S/C10H13NOS/c1-10(2,3)9(12)13-8-4-6-11-7-5-8/h4-7H,1-3H3/p+1. The summed E-state index contributed by atoms with van der Waals surface area (Å²) in [4.78, 5) is 15.5. The number of carbonyl (C=O) groups is 1. The van der Waals surface area contributed by atoms with Gasteiger partial charge in [-0.3, -0.25) is 4.79 Å². The molecule has 1 N–H and O–H groups in total. The van der Waals surface area contributed by atoms with Gasteiger partial charge in [-0.15, -0.1) is 0 Å². The molecule has 3 heteroatoms. The van der Waals surface area contributed by atoms with E-state index in [9.17, 15) is 4.79 Å². The second-order valence-corrected chi connectivity index (χ2v) is 4.92. The Morgan fingerprint density at radius 2 is 1.85 bits per heavy atom. The second kappa shape index (κ2) is 3.92. The first-order chi connectivity index (χ1) is 6.00. The van der Waals surface area contributed by atoms with Gasteiger partial charge < -0.3 is 0 Å². The minimum Gasteiger partial charge on any atom is -0.286 e. The monoisotopic (exact) mass is 196 g/mol. The van der Waals surface area contributed by atoms with Crippen LogP contribution in [0.4, 0.5) is 0 Å². The fourth-order valence-electron chi connectivity index (χ4n) is 0.700. The van der Waals surface area contributed by atoms with Crippen LogP contribution < -0.4 is 4.98 Å². The van der Waals surface area contributed by atoms with Gasteiger partial charge in [0.2, 0.25) is 0 Å². The van der Waals surface area contributed by atoms with Gasteiger partial charge in [-0.25, -0.2) is 4.98 Å². The van der Waals surface area contributed by atoms with Gasteiger partial charge in [0.25, 0.3) is 0 Å². The molecule has 0 unspecified atom stereocenters. The van der Waals surface area contributed by atoms with Crippen molar-refractivity contribution in [2.75, 3.05) is 0 Å². The number of hydrogen-bond acceptors (Lipinski definition) is 2. The van der Waals surface area contributed by atoms with Gasteiger partial charge >= 0.3 is 0 Å². The Morgan fingerprint density at radius 3 is 2.31 bits per heavy atom. The highest BCUT2D eigenvalue weighted by Gasteiger charge is 2.22. The number of rotatable bonds is 1. The van der Waals surface area contributed by atoms with Crippen molar-refractivity contribution >= 4 is 16.9 Å². The van der Waals surface area contributed by atoms with Crippen LogP contribution in [0.5, 0.6) is 0 Å². The fraction of sp³-hybridized carbons (Fsp3) is 0.400. The summed E-state index contributed by atoms with van der Waals surface area (Å²) in [6.07, 6.45) is 3.64. The number of aromatic nitrogens is 1. The lowest BCUT2D eigenvalue weighted by Crippen LogP contribution is -2.16. The van der Waals surface area contributed by atoms with Crippen molar-refractivity contribution in [1.29, 1.82) is 0 Å². The summed E-state index contributed by atoms with van der Waals surface area (Å²) in [5.41, 5.74) is -0.274. The molecule has 0 aliphatic rings. The Balaban J connectivity index is 2.66. The van der Waals surface area contributed by atoms with Crippen molar-refractivity contribution in [1.82, 2.24) is 0 Å². The summed E-state index contributed by atoms with van der Waals surface area (Å²) in [5, 5.41) is 0.193. The molecule has 1 rings (SSSR count). The molecule has 13 heavy (non-hydrogen) atoms. The van der Waals surface area contributed by atoms with Crippen molar-refractivity contribution in [3.05, 3.63) is 24.5 Å². The zero-order valence-electron chi connectivity index (χ0n) is 8.13. The Kier molecular flexibility index (Phi) is 3.09. The quantitative estimate of drug-likeness (QED) is 0.644. The zero-order valence-corrected chi connectivity index (χ0v) is 8.94. The summed E-state index contributed by atoms with van der Waals surface area (Å²) >= 11 is 1.29. The average Bonchev–Trinajstić information content (AvgIpc) is 2.04. The number of hydrogen-bond donors (Lipinski definition) is 0. The van der Waals surface area contributed by atoms with E-state index in [1.165, 1.54) is 11.8 Å². The van der Waals surface area contributed by atoms with Gasteiger partial charge in [-0.2, -0.15) is 0 Å². The third-order valence-corrected chi connectivity index (χ3v) is 2.82. The van der Waals surface area contributed by atoms with Crippen LogP contribution in [-0.2, 0) is 4.79 Å². The molecular formula is C10H14NOS+. The topological polar surface area (TPSA) is 31.2 Å². The molecule has 1 heterocycles. The minimum atomic E-state index is -0.274. The molecule has 0 radical (unpaired) electrons. The van der Waals surface area contributed by atoms with Crippen molar-refractivity contribution in [2.45, 2.75) is 25.7 Å². The van der Waals surface area contributed by atoms with E-state index in [4.69, 9.17) is 0 Å². The highest BCUT2D eigenvalue weighted by molar-refractivity contribution is 8.13. The van der Waals surface area contributed by atoms with Crippen LogP contribution in [-0.4, -0.2) is 5.12 Å². The predicted octanol–water partition coefficient (Wildman–Crippen LogP) is 2.17. The maximum absolute atomic E-state index is 11.6. The molecule has 0 atom stereocenters. The van der Waals surface area contributed by atoms with Gasteiger partial charge in [-0.05, 0) is 0 Å². The third-order valence-electron chi connectivity index (χ3n) is 1.51. The second-order valence-electron chi connectivity index (χ2n) is 3.88. The maximum atomic E-state index is 11.6. The van der Waals surface area contributed by atoms with Crippen molar-refractivity contribution in [2.24, 2.45) is 5.41 Å². The molecule has 0 spiro atoms. The van der Waals surface area contributed by atoms with Crippen LogP contribution in [0, 0.1) is 5.41 Å². The van der Waals surface area contributed by atoms with E-state index < -0.39 is 0 Å². The van der Waals surface area contributed by atoms with Crippen LogP contribution in [0.25, 0.3) is 0 Å². The third kappa shape index (κ3) is 3.19. The number of aromatic amines is 1. The van der Waals surface area contributed by atoms with Crippen molar-refractivity contribution in [3.63, 3.8) is 0 Å². The average molecular weight is 196 g/mol. The van der Waals surface area contributed by atoms with Crippen LogP contribution in [0.1, 0.15) is 20.8 Å². The number of nitrogens with one attached hydrogen (secondary N) is 1. The first-order valence-corrected chi connectivity index (χ1v) is 5.00. The lowest BCUT2D eigenvalue weighted by Gasteiger charge is -2.14. The van der Waals surface area contributed by atoms with E-state index >= 15 is 0 Å². The molecule has 0 aliphatic heterocycles. The van der Waals surface area contributed by atoms with Gasteiger partial charge in [0.15, 0.2) is 17.5 Å². The van der Waals surface area contributed by atoms with Gasteiger partial charge in [0.1, 0.15) is 0 Å². The minimum absolute atomic E-state index is 0.193. The molecule has 70 valence electrons. The van der Waals surface area contributed by atoms with Gasteiger partial charge in [-0.1, -0.05) is 32.5 Å². The summed E-state index contributed by atoms with van der Waals surface area (Å²) in [6.45, 7) is 5.78. The smallest absolute Gasteiger partial charge is 0.199 e. The normalized spacial score (nSPS) is 11.3. The SMILES string of the molecule is CC(C)(C)C(=O)Sc1cc[nH+]cc1. The van der Waals surface area contributed by atoms with E-state index in [2.05, 4.69) is 4.98 Å². The molecule has 0 saturated carbocycles. The molecule has 0 aromatic carbocycles. The Morgan fingerprint density at radius 1 is 1.31 bits per heavy atom. The maximum Gasteiger partial charge on any atom is 0.199 e. The fourth-order valence-corrected chi connectivity index (χ4v) is 1.49. The summed E-state index contributed by atoms with van der Waals surface area (Å²) in [6, 6.07) is 3.79. The van der Waals surface area contributed by atoms with Crippen LogP contribution >= 0.6 is 11.8 Å². The number of H-pyrrole nitrogens is 1. The zero-order chi connectivity index (χ0) is 9.90. The molecule has 0 aliphatic carbocycles. The highest BCUT2D eigenvalue weighted by Crippen LogP contribution is 2.27. The lowest BCUT2D eigenvalue weighted by molar-refractivity contribution is -0.378. The molecule has 0 saturated heterocycles. The van der Waals surface area contributed by atoms with E-state index in [1.807, 2.05) is 45.3 Å². The van der Waals surface area contributed by atoms with Gasteiger partial charge in [0, 0.05) is 22.4 Å². The Bertz CT molecular complexity index is 290. The molecular weight excluding hydrogens is 182 g/mol. The first-order valence-electron chi connectivity index (χ1n) is 4.18. The summed E-state index contributed by atoms with van der Waals surface area (Å²) < 4.78 is 0. The Hall–Kier alpha value is -0.830. The molecule has 0 bridgehead atoms. The number of pyridine rings is 1. The van der Waals surface area contributed by atoms with E-state index in [-0.39, 0.29) is 10.5 Å².